The molecule has 0 spiro atoms. The van der Waals surface area contributed by atoms with Crippen molar-refractivity contribution >= 4 is 11.4 Å². The fourth-order valence-electron chi connectivity index (χ4n) is 2.44. The lowest BCUT2D eigenvalue weighted by Gasteiger charge is -2.33. The van der Waals surface area contributed by atoms with Gasteiger partial charge in [-0.1, -0.05) is 49.1 Å². The Kier molecular flexibility index (Phi) is 3.61. The molecule has 0 aliphatic carbocycles. The lowest BCUT2D eigenvalue weighted by Crippen LogP contribution is -2.22. The number of allylic oxidation sites excluding steroid dienone is 4. The van der Waals surface area contributed by atoms with Gasteiger partial charge in [-0.3, -0.25) is 0 Å². The van der Waals surface area contributed by atoms with E-state index in [4.69, 9.17) is 4.74 Å². The van der Waals surface area contributed by atoms with Crippen LogP contribution in [0.4, 0.5) is 11.4 Å². The first-order valence-electron chi connectivity index (χ1n) is 6.93. The highest BCUT2D eigenvalue weighted by Crippen LogP contribution is 2.42. The van der Waals surface area contributed by atoms with E-state index in [1.165, 1.54) is 0 Å². The fourth-order valence-corrected chi connectivity index (χ4v) is 2.44. The fraction of sp³-hybridized carbons (Fsp3) is 0.0526. The van der Waals surface area contributed by atoms with Crippen molar-refractivity contribution in [1.82, 2.24) is 0 Å². The van der Waals surface area contributed by atoms with Crippen molar-refractivity contribution in [2.24, 2.45) is 0 Å². The van der Waals surface area contributed by atoms with Crippen molar-refractivity contribution in [3.05, 3.63) is 90.9 Å². The zero-order chi connectivity index (χ0) is 14.7. The standard InChI is InChI=1S/C19H17NO/c1-3-4-12-17-15(2)21-19-14-9-8-13-18(19)20(17)16-10-6-5-7-11-16/h3-14H,1H2,2H3/b12-4-. The predicted octanol–water partition coefficient (Wildman–Crippen LogP) is 5.19. The van der Waals surface area contributed by atoms with Crippen LogP contribution in [0.5, 0.6) is 5.75 Å². The molecule has 0 atom stereocenters. The molecule has 0 saturated carbocycles. The number of hydrogen-bond donors (Lipinski definition) is 0. The Hall–Kier alpha value is -2.74. The molecule has 3 rings (SSSR count). The summed E-state index contributed by atoms with van der Waals surface area (Å²) < 4.78 is 5.95. The molecule has 1 heterocycles. The van der Waals surface area contributed by atoms with Crippen LogP contribution in [0, 0.1) is 0 Å². The summed E-state index contributed by atoms with van der Waals surface area (Å²) in [6.07, 6.45) is 5.71. The van der Waals surface area contributed by atoms with E-state index in [0.29, 0.717) is 0 Å². The zero-order valence-corrected chi connectivity index (χ0v) is 12.0. The number of anilines is 2. The molecule has 0 radical (unpaired) electrons. The van der Waals surface area contributed by atoms with Crippen LogP contribution in [-0.4, -0.2) is 0 Å². The molecule has 0 aromatic heterocycles. The monoisotopic (exact) mass is 275 g/mol. The molecule has 0 N–H and O–H groups in total. The third kappa shape index (κ3) is 2.48. The highest BCUT2D eigenvalue weighted by molar-refractivity contribution is 5.76. The van der Waals surface area contributed by atoms with Gasteiger partial charge in [-0.15, -0.1) is 0 Å². The molecule has 1 aliphatic rings. The number of ether oxygens (including phenoxy) is 1. The van der Waals surface area contributed by atoms with Crippen molar-refractivity contribution in [2.45, 2.75) is 6.92 Å². The highest BCUT2D eigenvalue weighted by Gasteiger charge is 2.24. The van der Waals surface area contributed by atoms with Crippen molar-refractivity contribution in [1.29, 1.82) is 0 Å². The average Bonchev–Trinajstić information content (AvgIpc) is 2.53. The van der Waals surface area contributed by atoms with Gasteiger partial charge in [-0.2, -0.15) is 0 Å². The topological polar surface area (TPSA) is 12.5 Å². The van der Waals surface area contributed by atoms with Crippen LogP contribution in [0.3, 0.4) is 0 Å². The first-order valence-corrected chi connectivity index (χ1v) is 6.93. The van der Waals surface area contributed by atoms with Crippen molar-refractivity contribution in [3.63, 3.8) is 0 Å². The maximum Gasteiger partial charge on any atom is 0.151 e. The van der Waals surface area contributed by atoms with Crippen LogP contribution in [0.1, 0.15) is 6.92 Å². The first-order chi connectivity index (χ1) is 10.3. The van der Waals surface area contributed by atoms with E-state index in [2.05, 4.69) is 29.7 Å². The van der Waals surface area contributed by atoms with Gasteiger partial charge in [0.2, 0.25) is 0 Å². The summed E-state index contributed by atoms with van der Waals surface area (Å²) >= 11 is 0. The van der Waals surface area contributed by atoms with Crippen molar-refractivity contribution < 1.29 is 4.74 Å². The zero-order valence-electron chi connectivity index (χ0n) is 12.0. The van der Waals surface area contributed by atoms with E-state index in [1.54, 1.807) is 6.08 Å². The van der Waals surface area contributed by atoms with Gasteiger partial charge >= 0.3 is 0 Å². The molecule has 2 aromatic rings. The van der Waals surface area contributed by atoms with Gasteiger partial charge in [0, 0.05) is 5.69 Å². The smallest absolute Gasteiger partial charge is 0.151 e. The molecule has 2 heteroatoms. The van der Waals surface area contributed by atoms with E-state index in [9.17, 15) is 0 Å². The summed E-state index contributed by atoms with van der Waals surface area (Å²) in [6, 6.07) is 18.3. The van der Waals surface area contributed by atoms with Crippen molar-refractivity contribution in [2.75, 3.05) is 4.90 Å². The Morgan fingerprint density at radius 1 is 1.00 bits per heavy atom. The Morgan fingerprint density at radius 2 is 1.71 bits per heavy atom. The second-order valence-electron chi connectivity index (χ2n) is 4.78. The second kappa shape index (κ2) is 5.71. The average molecular weight is 275 g/mol. The lowest BCUT2D eigenvalue weighted by molar-refractivity contribution is 0.414. The summed E-state index contributed by atoms with van der Waals surface area (Å²) in [7, 11) is 0. The Labute approximate surface area is 125 Å². The van der Waals surface area contributed by atoms with Gasteiger partial charge in [0.25, 0.3) is 0 Å². The number of rotatable bonds is 3. The van der Waals surface area contributed by atoms with Crippen LogP contribution < -0.4 is 9.64 Å². The summed E-state index contributed by atoms with van der Waals surface area (Å²) in [5, 5.41) is 0. The quantitative estimate of drug-likeness (QED) is 0.715. The van der Waals surface area contributed by atoms with Crippen LogP contribution in [0.25, 0.3) is 0 Å². The van der Waals surface area contributed by atoms with Gasteiger partial charge in [-0.25, -0.2) is 0 Å². The van der Waals surface area contributed by atoms with Gasteiger partial charge in [0.05, 0.1) is 11.4 Å². The van der Waals surface area contributed by atoms with E-state index < -0.39 is 0 Å². The third-order valence-corrected chi connectivity index (χ3v) is 3.38. The maximum absolute atomic E-state index is 5.95. The molecule has 0 bridgehead atoms. The van der Waals surface area contributed by atoms with Crippen LogP contribution in [0.2, 0.25) is 0 Å². The number of hydrogen-bond acceptors (Lipinski definition) is 2. The number of benzene rings is 2. The largest absolute Gasteiger partial charge is 0.458 e. The summed E-state index contributed by atoms with van der Waals surface area (Å²) in [6.45, 7) is 5.72. The van der Waals surface area contributed by atoms with Gasteiger partial charge < -0.3 is 9.64 Å². The molecule has 2 nitrogen and oxygen atoms in total. The molecule has 0 fully saturated rings. The summed E-state index contributed by atoms with van der Waals surface area (Å²) in [4.78, 5) is 2.20. The molecule has 0 saturated heterocycles. The molecule has 0 amide bonds. The van der Waals surface area contributed by atoms with Gasteiger partial charge in [-0.05, 0) is 37.3 Å². The van der Waals surface area contributed by atoms with Crippen LogP contribution >= 0.6 is 0 Å². The molecule has 0 unspecified atom stereocenters. The second-order valence-corrected chi connectivity index (χ2v) is 4.78. The highest BCUT2D eigenvalue weighted by atomic mass is 16.5. The van der Waals surface area contributed by atoms with Crippen LogP contribution in [-0.2, 0) is 0 Å². The van der Waals surface area contributed by atoms with E-state index in [-0.39, 0.29) is 0 Å². The van der Waals surface area contributed by atoms with Crippen LogP contribution in [0.15, 0.2) is 90.9 Å². The SMILES string of the molecule is C=C/C=C\C1=C(C)Oc2ccccc2N1c1ccccc1. The molecule has 21 heavy (non-hydrogen) atoms. The lowest BCUT2D eigenvalue weighted by atomic mass is 10.1. The minimum Gasteiger partial charge on any atom is -0.458 e. The van der Waals surface area contributed by atoms with E-state index >= 15 is 0 Å². The Morgan fingerprint density at radius 3 is 2.48 bits per heavy atom. The predicted molar refractivity (Wildman–Crippen MR) is 87.7 cm³/mol. The number of para-hydroxylation sites is 3. The van der Waals surface area contributed by atoms with E-state index in [0.717, 1.165) is 28.6 Å². The minimum atomic E-state index is 0.870. The number of nitrogens with zero attached hydrogens (tertiary/aromatic N) is 1. The third-order valence-electron chi connectivity index (χ3n) is 3.38. The van der Waals surface area contributed by atoms with Crippen molar-refractivity contribution in [3.8, 4) is 5.75 Å². The van der Waals surface area contributed by atoms with Gasteiger partial charge in [0.15, 0.2) is 5.75 Å². The van der Waals surface area contributed by atoms with E-state index in [1.807, 2.05) is 55.5 Å². The first kappa shape index (κ1) is 13.3. The molecule has 2 aromatic carbocycles. The minimum absolute atomic E-state index is 0.870. The number of fused-ring (bicyclic) bond motifs is 1. The summed E-state index contributed by atoms with van der Waals surface area (Å²) in [5.41, 5.74) is 3.16. The normalized spacial score (nSPS) is 14.0. The maximum atomic E-state index is 5.95. The molecular weight excluding hydrogens is 258 g/mol. The summed E-state index contributed by atoms with van der Waals surface area (Å²) in [5.74, 6) is 1.74. The van der Waals surface area contributed by atoms with Gasteiger partial charge in [0.1, 0.15) is 5.76 Å². The molecular formula is C19H17NO. The Balaban J connectivity index is 2.19. The molecule has 104 valence electrons. The Bertz CT molecular complexity index is 713. The molecule has 1 aliphatic heterocycles.